The van der Waals surface area contributed by atoms with Gasteiger partial charge in [0.25, 0.3) is 0 Å². The van der Waals surface area contributed by atoms with Crippen molar-refractivity contribution in [1.82, 2.24) is 9.97 Å². The summed E-state index contributed by atoms with van der Waals surface area (Å²) in [5, 5.41) is 0.554. The number of aromatic amines is 1. The molecule has 1 aromatic rings. The molecule has 0 spiro atoms. The maximum Gasteiger partial charge on any atom is 0.130 e. The maximum absolute atomic E-state index is 5.32. The van der Waals surface area contributed by atoms with Crippen molar-refractivity contribution in [3.63, 3.8) is 0 Å². The summed E-state index contributed by atoms with van der Waals surface area (Å²) in [5.41, 5.74) is 1.34. The van der Waals surface area contributed by atoms with E-state index in [1.54, 1.807) is 0 Å². The normalized spacial score (nSPS) is 25.5. The maximum atomic E-state index is 5.32. The zero-order valence-electron chi connectivity index (χ0n) is 9.95. The Bertz CT molecular complexity index is 406. The second-order valence-electron chi connectivity index (χ2n) is 5.04. The van der Waals surface area contributed by atoms with Gasteiger partial charge in [0.2, 0.25) is 0 Å². The van der Waals surface area contributed by atoms with E-state index in [0.29, 0.717) is 11.2 Å². The number of thioether (sulfide) groups is 1. The number of rotatable bonds is 2. The Morgan fingerprint density at radius 3 is 2.76 bits per heavy atom. The van der Waals surface area contributed by atoms with E-state index in [-0.39, 0.29) is 0 Å². The van der Waals surface area contributed by atoms with Gasteiger partial charge in [0.15, 0.2) is 0 Å². The molecule has 17 heavy (non-hydrogen) atoms. The largest absolute Gasteiger partial charge is 0.346 e. The summed E-state index contributed by atoms with van der Waals surface area (Å²) < 4.78 is 0.771. The first kappa shape index (κ1) is 11.7. The molecule has 1 aliphatic heterocycles. The summed E-state index contributed by atoms with van der Waals surface area (Å²) in [6, 6.07) is 2.08. The van der Waals surface area contributed by atoms with Crippen molar-refractivity contribution >= 4 is 24.0 Å². The number of hydrogen-bond acceptors (Lipinski definition) is 3. The topological polar surface area (TPSA) is 28.7 Å². The second kappa shape index (κ2) is 5.11. The Morgan fingerprint density at radius 2 is 2.06 bits per heavy atom. The molecule has 0 radical (unpaired) electrons. The Balaban J connectivity index is 1.91. The van der Waals surface area contributed by atoms with Gasteiger partial charge in [-0.1, -0.05) is 25.1 Å². The summed E-state index contributed by atoms with van der Waals surface area (Å²) in [7, 11) is 0. The zero-order valence-corrected chi connectivity index (χ0v) is 11.6. The van der Waals surface area contributed by atoms with Crippen LogP contribution in [0, 0.1) is 4.64 Å². The van der Waals surface area contributed by atoms with Crippen molar-refractivity contribution < 1.29 is 0 Å². The Kier molecular flexibility index (Phi) is 3.52. The van der Waals surface area contributed by atoms with Gasteiger partial charge in [0, 0.05) is 5.69 Å². The third-order valence-electron chi connectivity index (χ3n) is 3.81. The Morgan fingerprint density at radius 1 is 1.24 bits per heavy atom. The average molecular weight is 266 g/mol. The van der Waals surface area contributed by atoms with Crippen molar-refractivity contribution in [2.75, 3.05) is 5.75 Å². The molecule has 2 aliphatic rings. The van der Waals surface area contributed by atoms with Gasteiger partial charge in [-0.3, -0.25) is 0 Å². The first-order valence-electron chi connectivity index (χ1n) is 6.56. The van der Waals surface area contributed by atoms with E-state index in [1.807, 2.05) is 11.8 Å². The molecular formula is C13H18N2S2. The van der Waals surface area contributed by atoms with Crippen LogP contribution in [0.5, 0.6) is 0 Å². The lowest BCUT2D eigenvalue weighted by Crippen LogP contribution is -2.04. The van der Waals surface area contributed by atoms with Crippen LogP contribution < -0.4 is 0 Å². The van der Waals surface area contributed by atoms with Crippen molar-refractivity contribution in [2.24, 2.45) is 0 Å². The van der Waals surface area contributed by atoms with Crippen LogP contribution in [0.15, 0.2) is 6.07 Å². The van der Waals surface area contributed by atoms with Crippen LogP contribution >= 0.6 is 24.0 Å². The molecule has 1 unspecified atom stereocenters. The van der Waals surface area contributed by atoms with Crippen molar-refractivity contribution in [2.45, 2.75) is 49.7 Å². The third-order valence-corrected chi connectivity index (χ3v) is 5.41. The van der Waals surface area contributed by atoms with Gasteiger partial charge in [-0.15, -0.1) is 0 Å². The number of nitrogens with zero attached hydrogens (tertiary/aromatic N) is 1. The van der Waals surface area contributed by atoms with Gasteiger partial charge in [0.05, 0.1) is 5.25 Å². The van der Waals surface area contributed by atoms with Crippen molar-refractivity contribution in [1.29, 1.82) is 0 Å². The van der Waals surface area contributed by atoms with Crippen LogP contribution in [-0.4, -0.2) is 15.7 Å². The lowest BCUT2D eigenvalue weighted by molar-refractivity contribution is 0.673. The molecule has 1 aromatic heterocycles. The van der Waals surface area contributed by atoms with Crippen LogP contribution in [0.25, 0.3) is 0 Å². The number of nitrogens with one attached hydrogen (secondary N) is 1. The quantitative estimate of drug-likeness (QED) is 0.806. The molecule has 2 fully saturated rings. The minimum Gasteiger partial charge on any atom is -0.346 e. The summed E-state index contributed by atoms with van der Waals surface area (Å²) in [5.74, 6) is 3.09. The molecule has 0 aromatic carbocycles. The van der Waals surface area contributed by atoms with E-state index >= 15 is 0 Å². The molecule has 2 heterocycles. The molecule has 1 saturated heterocycles. The predicted octanol–water partition coefficient (Wildman–Crippen LogP) is 4.36. The Hall–Kier alpha value is -0.350. The molecule has 0 amide bonds. The lowest BCUT2D eigenvalue weighted by atomic mass is 10.0. The van der Waals surface area contributed by atoms with Crippen LogP contribution in [-0.2, 0) is 0 Å². The first-order chi connectivity index (χ1) is 8.33. The standard InChI is InChI=1S/C13H18N2S2/c16-12-8-10(9-4-1-2-5-9)14-13(15-12)11-6-3-7-17-11/h8-9,11H,1-7H2,(H,14,15,16). The number of aromatic nitrogens is 2. The number of hydrogen-bond donors (Lipinski definition) is 1. The van der Waals surface area contributed by atoms with Gasteiger partial charge >= 0.3 is 0 Å². The smallest absolute Gasteiger partial charge is 0.130 e. The number of H-pyrrole nitrogens is 1. The lowest BCUT2D eigenvalue weighted by Gasteiger charge is -2.14. The van der Waals surface area contributed by atoms with Crippen LogP contribution in [0.3, 0.4) is 0 Å². The van der Waals surface area contributed by atoms with E-state index in [4.69, 9.17) is 12.2 Å². The van der Waals surface area contributed by atoms with Gasteiger partial charge < -0.3 is 4.98 Å². The highest BCUT2D eigenvalue weighted by Gasteiger charge is 2.23. The van der Waals surface area contributed by atoms with Gasteiger partial charge in [-0.05, 0) is 43.4 Å². The Labute approximate surface area is 112 Å². The van der Waals surface area contributed by atoms with Gasteiger partial charge in [-0.2, -0.15) is 11.8 Å². The minimum atomic E-state index is 0.554. The van der Waals surface area contributed by atoms with Crippen LogP contribution in [0.4, 0.5) is 0 Å². The van der Waals surface area contributed by atoms with Gasteiger partial charge in [-0.25, -0.2) is 4.98 Å². The van der Waals surface area contributed by atoms with E-state index in [2.05, 4.69) is 16.0 Å². The molecule has 2 nitrogen and oxygen atoms in total. The van der Waals surface area contributed by atoms with E-state index < -0.39 is 0 Å². The molecule has 1 aliphatic carbocycles. The highest BCUT2D eigenvalue weighted by molar-refractivity contribution is 7.99. The fraction of sp³-hybridized carbons (Fsp3) is 0.692. The molecule has 92 valence electrons. The first-order valence-corrected chi connectivity index (χ1v) is 8.01. The minimum absolute atomic E-state index is 0.554. The molecule has 1 atom stereocenters. The highest BCUT2D eigenvalue weighted by Crippen LogP contribution is 2.39. The summed E-state index contributed by atoms with van der Waals surface area (Å²) in [6.45, 7) is 0. The molecule has 1 N–H and O–H groups in total. The SMILES string of the molecule is S=c1cc(C2CCCC2)[nH]c(C2CCCS2)n1. The molecule has 0 bridgehead atoms. The van der Waals surface area contributed by atoms with Crippen LogP contribution in [0.2, 0.25) is 0 Å². The fourth-order valence-corrected chi connectivity index (χ4v) is 4.34. The van der Waals surface area contributed by atoms with E-state index in [0.717, 1.165) is 10.5 Å². The fourth-order valence-electron chi connectivity index (χ4n) is 2.90. The third kappa shape index (κ3) is 2.58. The summed E-state index contributed by atoms with van der Waals surface area (Å²) in [6.07, 6.45) is 7.91. The monoisotopic (exact) mass is 266 g/mol. The molecule has 4 heteroatoms. The molecular weight excluding hydrogens is 248 g/mol. The van der Waals surface area contributed by atoms with Crippen LogP contribution in [0.1, 0.15) is 61.2 Å². The molecule has 1 saturated carbocycles. The average Bonchev–Trinajstić information content (AvgIpc) is 3.02. The van der Waals surface area contributed by atoms with Crippen molar-refractivity contribution in [3.05, 3.63) is 22.2 Å². The predicted molar refractivity (Wildman–Crippen MR) is 75.1 cm³/mol. The zero-order chi connectivity index (χ0) is 11.7. The van der Waals surface area contributed by atoms with Crippen molar-refractivity contribution in [3.8, 4) is 0 Å². The molecule has 3 rings (SSSR count). The van der Waals surface area contributed by atoms with E-state index in [9.17, 15) is 0 Å². The van der Waals surface area contributed by atoms with E-state index in [1.165, 1.54) is 50.0 Å². The highest BCUT2D eigenvalue weighted by atomic mass is 32.2. The second-order valence-corrected chi connectivity index (χ2v) is 6.77. The summed E-state index contributed by atoms with van der Waals surface area (Å²) in [4.78, 5) is 8.10. The van der Waals surface area contributed by atoms with Gasteiger partial charge in [0.1, 0.15) is 10.5 Å². The summed E-state index contributed by atoms with van der Waals surface area (Å²) >= 11 is 7.33.